The first kappa shape index (κ1) is 6.13. The van der Waals surface area contributed by atoms with Gasteiger partial charge in [0.15, 0.2) is 0 Å². The van der Waals surface area contributed by atoms with Gasteiger partial charge in [-0.2, -0.15) is 0 Å². The van der Waals surface area contributed by atoms with Crippen LogP contribution in [0.2, 0.25) is 0 Å². The maximum Gasteiger partial charge on any atom is 0.328 e. The van der Waals surface area contributed by atoms with Crippen molar-refractivity contribution in [2.75, 3.05) is 7.11 Å². The number of methoxy groups -OCH3 is 1. The number of ether oxygens (including phenoxy) is 1. The second kappa shape index (κ2) is 2.53. The fraction of sp³-hybridized carbons (Fsp3) is 0.500. The van der Waals surface area contributed by atoms with E-state index in [-0.39, 0.29) is 12.0 Å². The molecular formula is C6H9NO2. The van der Waals surface area contributed by atoms with Gasteiger partial charge in [0.2, 0.25) is 0 Å². The molecule has 9 heavy (non-hydrogen) atoms. The van der Waals surface area contributed by atoms with Gasteiger partial charge in [-0.25, -0.2) is 4.79 Å². The zero-order valence-electron chi connectivity index (χ0n) is 5.26. The Morgan fingerprint density at radius 2 is 2.67 bits per heavy atom. The molecule has 0 saturated carbocycles. The molecule has 1 rings (SSSR count). The molecule has 1 N–H and O–H groups in total. The summed E-state index contributed by atoms with van der Waals surface area (Å²) in [7, 11) is 1.39. The SMILES string of the molecule is COC(=O)[C@@H]1CC=CN1. The van der Waals surface area contributed by atoms with Crippen molar-refractivity contribution >= 4 is 5.97 Å². The third-order valence-corrected chi connectivity index (χ3v) is 1.27. The normalized spacial score (nSPS) is 23.4. The molecule has 1 aliphatic heterocycles. The Balaban J connectivity index is 2.36. The lowest BCUT2D eigenvalue weighted by molar-refractivity contribution is -0.142. The molecule has 1 aliphatic rings. The quantitative estimate of drug-likeness (QED) is 0.505. The van der Waals surface area contributed by atoms with Crippen molar-refractivity contribution in [1.29, 1.82) is 0 Å². The molecule has 1 heterocycles. The lowest BCUT2D eigenvalue weighted by atomic mass is 10.2. The van der Waals surface area contributed by atoms with E-state index in [1.54, 1.807) is 6.20 Å². The van der Waals surface area contributed by atoms with Crippen LogP contribution in [0.3, 0.4) is 0 Å². The Labute approximate surface area is 53.7 Å². The Morgan fingerprint density at radius 3 is 3.11 bits per heavy atom. The highest BCUT2D eigenvalue weighted by atomic mass is 16.5. The summed E-state index contributed by atoms with van der Waals surface area (Å²) in [5.74, 6) is -0.194. The van der Waals surface area contributed by atoms with Crippen molar-refractivity contribution < 1.29 is 9.53 Å². The van der Waals surface area contributed by atoms with Crippen LogP contribution >= 0.6 is 0 Å². The number of rotatable bonds is 1. The van der Waals surface area contributed by atoms with Gasteiger partial charge in [0, 0.05) is 0 Å². The molecule has 0 fully saturated rings. The molecule has 0 amide bonds. The minimum atomic E-state index is -0.194. The Kier molecular flexibility index (Phi) is 1.72. The molecule has 0 aromatic rings. The lowest BCUT2D eigenvalue weighted by Gasteiger charge is -2.06. The predicted molar refractivity (Wildman–Crippen MR) is 32.7 cm³/mol. The van der Waals surface area contributed by atoms with Crippen molar-refractivity contribution in [3.8, 4) is 0 Å². The molecule has 0 bridgehead atoms. The molecule has 1 atom stereocenters. The fourth-order valence-electron chi connectivity index (χ4n) is 0.763. The summed E-state index contributed by atoms with van der Waals surface area (Å²) in [4.78, 5) is 10.7. The topological polar surface area (TPSA) is 38.3 Å². The van der Waals surface area contributed by atoms with Crippen LogP contribution in [0.25, 0.3) is 0 Å². The van der Waals surface area contributed by atoms with Gasteiger partial charge in [-0.05, 0) is 12.6 Å². The molecule has 0 radical (unpaired) electrons. The highest BCUT2D eigenvalue weighted by molar-refractivity contribution is 5.76. The van der Waals surface area contributed by atoms with Crippen LogP contribution < -0.4 is 5.32 Å². The highest BCUT2D eigenvalue weighted by Gasteiger charge is 2.18. The number of nitrogens with one attached hydrogen (secondary N) is 1. The fourth-order valence-corrected chi connectivity index (χ4v) is 0.763. The molecule has 0 unspecified atom stereocenters. The first-order chi connectivity index (χ1) is 4.34. The zero-order chi connectivity index (χ0) is 6.69. The van der Waals surface area contributed by atoms with Gasteiger partial charge < -0.3 is 10.1 Å². The highest BCUT2D eigenvalue weighted by Crippen LogP contribution is 2.01. The third kappa shape index (κ3) is 1.22. The van der Waals surface area contributed by atoms with Crippen LogP contribution in [0.15, 0.2) is 12.3 Å². The van der Waals surface area contributed by atoms with Crippen LogP contribution in [0.5, 0.6) is 0 Å². The molecule has 0 saturated heterocycles. The van der Waals surface area contributed by atoms with Crippen molar-refractivity contribution in [3.05, 3.63) is 12.3 Å². The van der Waals surface area contributed by atoms with E-state index in [1.807, 2.05) is 6.08 Å². The maximum atomic E-state index is 10.7. The molecule has 0 aliphatic carbocycles. The van der Waals surface area contributed by atoms with Gasteiger partial charge in [0.05, 0.1) is 7.11 Å². The average molecular weight is 127 g/mol. The van der Waals surface area contributed by atoms with Crippen LogP contribution in [-0.2, 0) is 9.53 Å². The lowest BCUT2D eigenvalue weighted by Crippen LogP contribution is -2.30. The Bertz CT molecular complexity index is 134. The molecule has 0 aromatic heterocycles. The summed E-state index contributed by atoms with van der Waals surface area (Å²) >= 11 is 0. The number of carbonyl (C=O) groups excluding carboxylic acids is 1. The van der Waals surface area contributed by atoms with E-state index in [0.29, 0.717) is 0 Å². The van der Waals surface area contributed by atoms with E-state index in [0.717, 1.165) is 6.42 Å². The smallest absolute Gasteiger partial charge is 0.328 e. The summed E-state index contributed by atoms with van der Waals surface area (Å²) in [6.45, 7) is 0. The van der Waals surface area contributed by atoms with Gasteiger partial charge in [-0.1, -0.05) is 6.08 Å². The second-order valence-corrected chi connectivity index (χ2v) is 1.88. The summed E-state index contributed by atoms with van der Waals surface area (Å²) in [6.07, 6.45) is 4.41. The summed E-state index contributed by atoms with van der Waals surface area (Å²) in [5, 5.41) is 2.85. The van der Waals surface area contributed by atoms with E-state index in [2.05, 4.69) is 10.1 Å². The van der Waals surface area contributed by atoms with Crippen molar-refractivity contribution in [1.82, 2.24) is 5.32 Å². The summed E-state index contributed by atoms with van der Waals surface area (Å²) < 4.78 is 4.49. The molecule has 3 heteroatoms. The van der Waals surface area contributed by atoms with Crippen molar-refractivity contribution in [2.45, 2.75) is 12.5 Å². The second-order valence-electron chi connectivity index (χ2n) is 1.88. The van der Waals surface area contributed by atoms with E-state index in [9.17, 15) is 4.79 Å². The zero-order valence-corrected chi connectivity index (χ0v) is 5.26. The molecule has 50 valence electrons. The standard InChI is InChI=1S/C6H9NO2/c1-9-6(8)5-3-2-4-7-5/h2,4-5,7H,3H2,1H3/t5-/m0/s1. The van der Waals surface area contributed by atoms with Crippen LogP contribution in [-0.4, -0.2) is 19.1 Å². The van der Waals surface area contributed by atoms with Crippen molar-refractivity contribution in [2.24, 2.45) is 0 Å². The Hall–Kier alpha value is -0.990. The van der Waals surface area contributed by atoms with Crippen LogP contribution in [0, 0.1) is 0 Å². The minimum Gasteiger partial charge on any atom is -0.467 e. The van der Waals surface area contributed by atoms with Gasteiger partial charge >= 0.3 is 5.97 Å². The van der Waals surface area contributed by atoms with E-state index >= 15 is 0 Å². The van der Waals surface area contributed by atoms with Crippen molar-refractivity contribution in [3.63, 3.8) is 0 Å². The number of esters is 1. The number of hydrogen-bond acceptors (Lipinski definition) is 3. The van der Waals surface area contributed by atoms with Gasteiger partial charge in [0.1, 0.15) is 6.04 Å². The monoisotopic (exact) mass is 127 g/mol. The maximum absolute atomic E-state index is 10.7. The Morgan fingerprint density at radius 1 is 1.89 bits per heavy atom. The van der Waals surface area contributed by atoms with Gasteiger partial charge in [-0.15, -0.1) is 0 Å². The van der Waals surface area contributed by atoms with Crippen LogP contribution in [0.1, 0.15) is 6.42 Å². The number of carbonyl (C=O) groups is 1. The molecule has 0 aromatic carbocycles. The molecular weight excluding hydrogens is 118 g/mol. The van der Waals surface area contributed by atoms with E-state index < -0.39 is 0 Å². The summed E-state index contributed by atoms with van der Waals surface area (Å²) in [5.41, 5.74) is 0. The average Bonchev–Trinajstić information content (AvgIpc) is 2.37. The van der Waals surface area contributed by atoms with E-state index in [1.165, 1.54) is 7.11 Å². The van der Waals surface area contributed by atoms with Gasteiger partial charge in [0.25, 0.3) is 0 Å². The predicted octanol–water partition coefficient (Wildman–Crippen LogP) is 0.0350. The largest absolute Gasteiger partial charge is 0.467 e. The molecule has 0 spiro atoms. The third-order valence-electron chi connectivity index (χ3n) is 1.27. The first-order valence-electron chi connectivity index (χ1n) is 2.83. The number of hydrogen-bond donors (Lipinski definition) is 1. The first-order valence-corrected chi connectivity index (χ1v) is 2.83. The summed E-state index contributed by atoms with van der Waals surface area (Å²) in [6, 6.07) is -0.144. The van der Waals surface area contributed by atoms with E-state index in [4.69, 9.17) is 0 Å². The van der Waals surface area contributed by atoms with Gasteiger partial charge in [-0.3, -0.25) is 0 Å². The van der Waals surface area contributed by atoms with Crippen LogP contribution in [0.4, 0.5) is 0 Å². The minimum absolute atomic E-state index is 0.144. The molecule has 3 nitrogen and oxygen atoms in total.